The topological polar surface area (TPSA) is 66.9 Å². The number of alkyl halides is 3. The zero-order chi connectivity index (χ0) is 14.8. The lowest BCUT2D eigenvalue weighted by molar-refractivity contribution is -0.137. The molecule has 0 aliphatic carbocycles. The first-order valence-corrected chi connectivity index (χ1v) is 6.21. The van der Waals surface area contributed by atoms with Gasteiger partial charge in [-0.15, -0.1) is 10.2 Å². The molecule has 0 aliphatic rings. The van der Waals surface area contributed by atoms with Gasteiger partial charge in [-0.05, 0) is 18.2 Å². The SMILES string of the molecule is CNc1nnc(C(=O)Nc2cccc(C(F)(F)F)c2)s1. The maximum atomic E-state index is 12.5. The number of amides is 1. The van der Waals surface area contributed by atoms with E-state index in [4.69, 9.17) is 0 Å². The lowest BCUT2D eigenvalue weighted by Gasteiger charge is -2.08. The number of rotatable bonds is 3. The van der Waals surface area contributed by atoms with Gasteiger partial charge < -0.3 is 10.6 Å². The van der Waals surface area contributed by atoms with Gasteiger partial charge in [0.2, 0.25) is 10.1 Å². The highest BCUT2D eigenvalue weighted by atomic mass is 32.1. The van der Waals surface area contributed by atoms with Gasteiger partial charge in [0, 0.05) is 12.7 Å². The number of nitrogens with one attached hydrogen (secondary N) is 2. The molecule has 2 rings (SSSR count). The maximum absolute atomic E-state index is 12.5. The number of hydrogen-bond donors (Lipinski definition) is 2. The Bertz CT molecular complexity index is 626. The lowest BCUT2D eigenvalue weighted by atomic mass is 10.2. The summed E-state index contributed by atoms with van der Waals surface area (Å²) >= 11 is 1.00. The molecule has 0 fully saturated rings. The van der Waals surface area contributed by atoms with Gasteiger partial charge in [0.25, 0.3) is 5.91 Å². The van der Waals surface area contributed by atoms with Gasteiger partial charge in [0.15, 0.2) is 0 Å². The second-order valence-corrected chi connectivity index (χ2v) is 4.67. The molecule has 1 heterocycles. The molecular formula is C11H9F3N4OS. The van der Waals surface area contributed by atoms with Gasteiger partial charge in [0.05, 0.1) is 5.56 Å². The first-order valence-electron chi connectivity index (χ1n) is 5.40. The van der Waals surface area contributed by atoms with Crippen LogP contribution in [0.4, 0.5) is 24.0 Å². The monoisotopic (exact) mass is 302 g/mol. The molecule has 0 saturated heterocycles. The molecular weight excluding hydrogens is 293 g/mol. The van der Waals surface area contributed by atoms with E-state index in [0.29, 0.717) is 5.13 Å². The van der Waals surface area contributed by atoms with Crippen LogP contribution >= 0.6 is 11.3 Å². The summed E-state index contributed by atoms with van der Waals surface area (Å²) in [5.41, 5.74) is -0.783. The van der Waals surface area contributed by atoms with Gasteiger partial charge in [-0.2, -0.15) is 13.2 Å². The summed E-state index contributed by atoms with van der Waals surface area (Å²) in [4.78, 5) is 11.8. The summed E-state index contributed by atoms with van der Waals surface area (Å²) in [7, 11) is 1.62. The highest BCUT2D eigenvalue weighted by Crippen LogP contribution is 2.30. The summed E-state index contributed by atoms with van der Waals surface area (Å²) in [6.07, 6.45) is -4.46. The lowest BCUT2D eigenvalue weighted by Crippen LogP contribution is -2.13. The van der Waals surface area contributed by atoms with E-state index in [1.54, 1.807) is 7.05 Å². The Balaban J connectivity index is 2.15. The Morgan fingerprint density at radius 2 is 2.05 bits per heavy atom. The molecule has 0 bridgehead atoms. The minimum absolute atomic E-state index is 0.0473. The van der Waals surface area contributed by atoms with E-state index < -0.39 is 17.6 Å². The van der Waals surface area contributed by atoms with Crippen LogP contribution < -0.4 is 10.6 Å². The van der Waals surface area contributed by atoms with Crippen LogP contribution in [0, 0.1) is 0 Å². The van der Waals surface area contributed by atoms with Crippen LogP contribution in [0.2, 0.25) is 0 Å². The van der Waals surface area contributed by atoms with Crippen molar-refractivity contribution in [2.45, 2.75) is 6.18 Å². The standard InChI is InChI=1S/C11H9F3N4OS/c1-15-10-18-17-9(20-10)8(19)16-7-4-2-3-6(5-7)11(12,13)14/h2-5H,1H3,(H,15,18)(H,16,19). The van der Waals surface area contributed by atoms with Crippen LogP contribution in [0.3, 0.4) is 0 Å². The molecule has 0 aliphatic heterocycles. The molecule has 1 amide bonds. The number of anilines is 2. The Labute approximate surface area is 115 Å². The van der Waals surface area contributed by atoms with Crippen molar-refractivity contribution in [3.8, 4) is 0 Å². The first-order chi connectivity index (χ1) is 9.40. The second-order valence-electron chi connectivity index (χ2n) is 3.70. The largest absolute Gasteiger partial charge is 0.416 e. The average Bonchev–Trinajstić information content (AvgIpc) is 2.87. The van der Waals surface area contributed by atoms with Gasteiger partial charge in [-0.1, -0.05) is 17.4 Å². The fourth-order valence-electron chi connectivity index (χ4n) is 1.37. The molecule has 2 N–H and O–H groups in total. The molecule has 5 nitrogen and oxygen atoms in total. The van der Waals surface area contributed by atoms with Crippen molar-refractivity contribution in [2.75, 3.05) is 17.7 Å². The highest BCUT2D eigenvalue weighted by molar-refractivity contribution is 7.17. The fourth-order valence-corrected chi connectivity index (χ4v) is 1.97. The third kappa shape index (κ3) is 3.23. The molecule has 2 aromatic rings. The van der Waals surface area contributed by atoms with E-state index in [0.717, 1.165) is 23.5 Å². The Morgan fingerprint density at radius 1 is 1.30 bits per heavy atom. The normalized spacial score (nSPS) is 11.2. The third-order valence-corrected chi connectivity index (χ3v) is 3.22. The van der Waals surface area contributed by atoms with Crippen molar-refractivity contribution in [1.29, 1.82) is 0 Å². The van der Waals surface area contributed by atoms with E-state index >= 15 is 0 Å². The predicted octanol–water partition coefficient (Wildman–Crippen LogP) is 2.85. The van der Waals surface area contributed by atoms with Crippen molar-refractivity contribution >= 4 is 28.1 Å². The molecule has 0 radical (unpaired) electrons. The van der Waals surface area contributed by atoms with Gasteiger partial charge in [0.1, 0.15) is 0 Å². The summed E-state index contributed by atoms with van der Waals surface area (Å²) in [6, 6.07) is 4.38. The van der Waals surface area contributed by atoms with Crippen LogP contribution in [0.1, 0.15) is 15.4 Å². The van der Waals surface area contributed by atoms with Crippen molar-refractivity contribution in [3.63, 3.8) is 0 Å². The van der Waals surface area contributed by atoms with E-state index in [1.807, 2.05) is 0 Å². The molecule has 106 valence electrons. The Hall–Kier alpha value is -2.16. The van der Waals surface area contributed by atoms with Gasteiger partial charge in [-0.25, -0.2) is 0 Å². The van der Waals surface area contributed by atoms with Crippen LogP contribution in [-0.4, -0.2) is 23.2 Å². The number of hydrogen-bond acceptors (Lipinski definition) is 5. The van der Waals surface area contributed by atoms with Crippen LogP contribution in [0.25, 0.3) is 0 Å². The Morgan fingerprint density at radius 3 is 2.65 bits per heavy atom. The summed E-state index contributed by atoms with van der Waals surface area (Å²) in [5, 5.41) is 12.9. The van der Waals surface area contributed by atoms with Crippen LogP contribution in [-0.2, 0) is 6.18 Å². The molecule has 0 saturated carbocycles. The van der Waals surface area contributed by atoms with E-state index in [-0.39, 0.29) is 10.7 Å². The second kappa shape index (κ2) is 5.45. The van der Waals surface area contributed by atoms with Crippen LogP contribution in [0.15, 0.2) is 24.3 Å². The summed E-state index contributed by atoms with van der Waals surface area (Å²) in [5.74, 6) is -0.608. The number of halogens is 3. The van der Waals surface area contributed by atoms with Crippen molar-refractivity contribution in [3.05, 3.63) is 34.8 Å². The molecule has 0 unspecified atom stereocenters. The molecule has 1 aromatic heterocycles. The first kappa shape index (κ1) is 14.3. The van der Waals surface area contributed by atoms with E-state index in [1.165, 1.54) is 12.1 Å². The summed E-state index contributed by atoms with van der Waals surface area (Å²) in [6.45, 7) is 0. The van der Waals surface area contributed by atoms with Gasteiger partial charge in [-0.3, -0.25) is 4.79 Å². The van der Waals surface area contributed by atoms with Crippen LogP contribution in [0.5, 0.6) is 0 Å². The van der Waals surface area contributed by atoms with Gasteiger partial charge >= 0.3 is 6.18 Å². The smallest absolute Gasteiger partial charge is 0.363 e. The number of benzene rings is 1. The molecule has 9 heteroatoms. The molecule has 0 spiro atoms. The number of carbonyl (C=O) groups is 1. The molecule has 1 aromatic carbocycles. The van der Waals surface area contributed by atoms with Crippen molar-refractivity contribution in [2.24, 2.45) is 0 Å². The zero-order valence-corrected chi connectivity index (χ0v) is 11.0. The van der Waals surface area contributed by atoms with Crippen molar-refractivity contribution in [1.82, 2.24) is 10.2 Å². The minimum Gasteiger partial charge on any atom is -0.363 e. The van der Waals surface area contributed by atoms with E-state index in [2.05, 4.69) is 20.8 Å². The fraction of sp³-hybridized carbons (Fsp3) is 0.182. The number of nitrogens with zero attached hydrogens (tertiary/aromatic N) is 2. The Kier molecular flexibility index (Phi) is 3.89. The summed E-state index contributed by atoms with van der Waals surface area (Å²) < 4.78 is 37.6. The zero-order valence-electron chi connectivity index (χ0n) is 10.2. The predicted molar refractivity (Wildman–Crippen MR) is 68.9 cm³/mol. The molecule has 20 heavy (non-hydrogen) atoms. The average molecular weight is 302 g/mol. The third-order valence-electron chi connectivity index (χ3n) is 2.28. The quantitative estimate of drug-likeness (QED) is 0.915. The van der Waals surface area contributed by atoms with Crippen molar-refractivity contribution < 1.29 is 18.0 Å². The highest BCUT2D eigenvalue weighted by Gasteiger charge is 2.30. The minimum atomic E-state index is -4.46. The number of carbonyl (C=O) groups excluding carboxylic acids is 1. The maximum Gasteiger partial charge on any atom is 0.416 e. The molecule has 0 atom stereocenters. The van der Waals surface area contributed by atoms with E-state index in [9.17, 15) is 18.0 Å². The number of aromatic nitrogens is 2.